The number of hydrogen-bond donors (Lipinski definition) is 2. The monoisotopic (exact) mass is 434 g/mol. The zero-order valence-electron chi connectivity index (χ0n) is 14.6. The first-order valence-electron chi connectivity index (χ1n) is 7.76. The molecule has 140 valence electrons. The first-order valence-corrected chi connectivity index (χ1v) is 10.0. The number of benzene rings is 1. The van der Waals surface area contributed by atoms with E-state index in [4.69, 9.17) is 4.74 Å². The van der Waals surface area contributed by atoms with Crippen LogP contribution in [-0.4, -0.2) is 32.1 Å². The summed E-state index contributed by atoms with van der Waals surface area (Å²) >= 11 is 3.21. The maximum atomic E-state index is 12.3. The second kappa shape index (κ2) is 8.66. The van der Waals surface area contributed by atoms with Gasteiger partial charge >= 0.3 is 6.09 Å². The summed E-state index contributed by atoms with van der Waals surface area (Å²) in [6.45, 7) is 6.90. The summed E-state index contributed by atoms with van der Waals surface area (Å²) in [6.07, 6.45) is 0.0785. The molecule has 0 aliphatic heterocycles. The quantitative estimate of drug-likeness (QED) is 0.716. The fourth-order valence-electron chi connectivity index (χ4n) is 1.88. The number of hydrogen-bond acceptors (Lipinski definition) is 5. The Hall–Kier alpha value is -1.61. The molecule has 0 radical (unpaired) electrons. The van der Waals surface area contributed by atoms with E-state index in [2.05, 4.69) is 21.2 Å². The summed E-state index contributed by atoms with van der Waals surface area (Å²) in [5.74, 6) is -0.810. The fraction of sp³-hybridized carbons (Fsp3) is 0.500. The molecule has 9 heteroatoms. The van der Waals surface area contributed by atoms with Gasteiger partial charge in [-0.3, -0.25) is 4.79 Å². The van der Waals surface area contributed by atoms with Crippen molar-refractivity contribution in [2.75, 3.05) is 0 Å². The highest BCUT2D eigenvalue weighted by atomic mass is 79.9. The number of halogens is 1. The zero-order valence-corrected chi connectivity index (χ0v) is 17.0. The number of amides is 2. The molecule has 2 N–H and O–H groups in total. The number of ether oxygens (including phenoxy) is 1. The van der Waals surface area contributed by atoms with Gasteiger partial charge in [-0.2, -0.15) is 0 Å². The third-order valence-corrected chi connectivity index (χ3v) is 4.84. The minimum absolute atomic E-state index is 0.0448. The minimum Gasteiger partial charge on any atom is -0.444 e. The van der Waals surface area contributed by atoms with E-state index in [1.165, 1.54) is 12.1 Å². The summed E-state index contributed by atoms with van der Waals surface area (Å²) in [5.41, 5.74) is -0.721. The Labute approximate surface area is 156 Å². The third-order valence-electron chi connectivity index (χ3n) is 2.94. The Morgan fingerprint density at radius 2 is 1.76 bits per heavy atom. The molecule has 25 heavy (non-hydrogen) atoms. The second-order valence-corrected chi connectivity index (χ2v) is 9.01. The lowest BCUT2D eigenvalue weighted by atomic mass is 10.1. The van der Waals surface area contributed by atoms with Crippen LogP contribution >= 0.6 is 15.9 Å². The topological polar surface area (TPSA) is 102 Å². The first kappa shape index (κ1) is 21.4. The van der Waals surface area contributed by atoms with E-state index in [1.54, 1.807) is 32.9 Å². The van der Waals surface area contributed by atoms with Gasteiger partial charge in [-0.05, 0) is 51.5 Å². The van der Waals surface area contributed by atoms with Crippen molar-refractivity contribution in [3.63, 3.8) is 0 Å². The molecule has 0 unspecified atom stereocenters. The molecule has 1 atom stereocenters. The first-order chi connectivity index (χ1) is 11.4. The minimum atomic E-state index is -4.02. The molecule has 0 aliphatic rings. The van der Waals surface area contributed by atoms with Crippen LogP contribution < -0.4 is 10.0 Å². The lowest BCUT2D eigenvalue weighted by Crippen LogP contribution is -2.49. The maximum absolute atomic E-state index is 12.3. The molecular formula is C16H23BrN2O5S. The summed E-state index contributed by atoms with van der Waals surface area (Å²) in [5, 5.41) is 2.41. The highest BCUT2D eigenvalue weighted by Gasteiger charge is 2.27. The van der Waals surface area contributed by atoms with Crippen molar-refractivity contribution in [3.8, 4) is 0 Å². The average molecular weight is 435 g/mol. The molecule has 0 spiro atoms. The molecule has 0 saturated carbocycles. The number of carbonyl (C=O) groups excluding carboxylic acids is 2. The van der Waals surface area contributed by atoms with E-state index in [1.807, 2.05) is 11.6 Å². The molecule has 0 aromatic heterocycles. The lowest BCUT2D eigenvalue weighted by molar-refractivity contribution is -0.121. The van der Waals surface area contributed by atoms with Crippen LogP contribution in [0.1, 0.15) is 40.5 Å². The van der Waals surface area contributed by atoms with E-state index in [9.17, 15) is 18.0 Å². The molecule has 1 aromatic carbocycles. The van der Waals surface area contributed by atoms with Gasteiger partial charge in [-0.15, -0.1) is 0 Å². The van der Waals surface area contributed by atoms with Gasteiger partial charge in [0.1, 0.15) is 11.6 Å². The van der Waals surface area contributed by atoms with E-state index in [0.717, 1.165) is 0 Å². The predicted octanol–water partition coefficient (Wildman–Crippen LogP) is 2.95. The molecule has 0 bridgehead atoms. The standard InChI is InChI=1S/C16H23BrN2O5S/c1-5-6-13(18-15(21)24-16(2,3)4)14(20)19-25(22,23)12-9-7-11(17)8-10-12/h7-10,13H,5-6H2,1-4H3,(H,18,21)(H,19,20)/t13-/m0/s1. The Morgan fingerprint density at radius 1 is 1.20 bits per heavy atom. The lowest BCUT2D eigenvalue weighted by Gasteiger charge is -2.23. The van der Waals surface area contributed by atoms with Gasteiger partial charge in [0, 0.05) is 4.47 Å². The molecule has 0 fully saturated rings. The van der Waals surface area contributed by atoms with Gasteiger partial charge in [0.25, 0.3) is 15.9 Å². The highest BCUT2D eigenvalue weighted by Crippen LogP contribution is 2.15. The smallest absolute Gasteiger partial charge is 0.408 e. The Kier molecular flexibility index (Phi) is 7.43. The Balaban J connectivity index is 2.85. The van der Waals surface area contributed by atoms with Crippen LogP contribution in [0, 0.1) is 0 Å². The van der Waals surface area contributed by atoms with Crippen molar-refractivity contribution in [1.29, 1.82) is 0 Å². The number of nitrogens with one attached hydrogen (secondary N) is 2. The number of rotatable bonds is 6. The molecular weight excluding hydrogens is 412 g/mol. The van der Waals surface area contributed by atoms with Crippen LogP contribution in [0.4, 0.5) is 4.79 Å². The summed E-state index contributed by atoms with van der Waals surface area (Å²) < 4.78 is 32.4. The van der Waals surface area contributed by atoms with Crippen LogP contribution in [0.15, 0.2) is 33.6 Å². The van der Waals surface area contributed by atoms with Gasteiger partial charge in [0.2, 0.25) is 0 Å². The van der Waals surface area contributed by atoms with Crippen LogP contribution in [0.25, 0.3) is 0 Å². The molecule has 1 aromatic rings. The Morgan fingerprint density at radius 3 is 2.24 bits per heavy atom. The second-order valence-electron chi connectivity index (χ2n) is 6.41. The van der Waals surface area contributed by atoms with Gasteiger partial charge in [0.05, 0.1) is 4.90 Å². The normalized spacial score (nSPS) is 13.0. The van der Waals surface area contributed by atoms with Crippen molar-refractivity contribution in [1.82, 2.24) is 10.0 Å². The van der Waals surface area contributed by atoms with Crippen LogP contribution in [0.3, 0.4) is 0 Å². The average Bonchev–Trinajstić information content (AvgIpc) is 2.44. The van der Waals surface area contributed by atoms with Crippen molar-refractivity contribution in [2.45, 2.75) is 57.1 Å². The SMILES string of the molecule is CCC[C@H](NC(=O)OC(C)(C)C)C(=O)NS(=O)(=O)c1ccc(Br)cc1. The highest BCUT2D eigenvalue weighted by molar-refractivity contribution is 9.10. The maximum Gasteiger partial charge on any atom is 0.408 e. The largest absolute Gasteiger partial charge is 0.444 e. The molecule has 1 rings (SSSR count). The zero-order chi connectivity index (χ0) is 19.3. The van der Waals surface area contributed by atoms with E-state index < -0.39 is 33.7 Å². The third kappa shape index (κ3) is 7.43. The Bertz CT molecular complexity index is 711. The van der Waals surface area contributed by atoms with Gasteiger partial charge in [-0.1, -0.05) is 29.3 Å². The molecule has 0 heterocycles. The van der Waals surface area contributed by atoms with Crippen molar-refractivity contribution >= 4 is 38.0 Å². The molecule has 7 nitrogen and oxygen atoms in total. The predicted molar refractivity (Wildman–Crippen MR) is 97.5 cm³/mol. The van der Waals surface area contributed by atoms with Crippen molar-refractivity contribution < 1.29 is 22.7 Å². The number of carbonyl (C=O) groups is 2. The number of sulfonamides is 1. The molecule has 0 saturated heterocycles. The van der Waals surface area contributed by atoms with E-state index in [0.29, 0.717) is 10.9 Å². The molecule has 0 aliphatic carbocycles. The number of alkyl carbamates (subject to hydrolysis) is 1. The fourth-order valence-corrected chi connectivity index (χ4v) is 3.17. The van der Waals surface area contributed by atoms with Crippen LogP contribution in [0.2, 0.25) is 0 Å². The van der Waals surface area contributed by atoms with Crippen LogP contribution in [-0.2, 0) is 19.6 Å². The van der Waals surface area contributed by atoms with Gasteiger partial charge < -0.3 is 10.1 Å². The van der Waals surface area contributed by atoms with Gasteiger partial charge in [-0.25, -0.2) is 17.9 Å². The summed E-state index contributed by atoms with van der Waals surface area (Å²) in [6, 6.07) is 4.85. The van der Waals surface area contributed by atoms with Crippen molar-refractivity contribution in [2.24, 2.45) is 0 Å². The summed E-state index contributed by atoms with van der Waals surface area (Å²) in [7, 11) is -4.02. The van der Waals surface area contributed by atoms with Gasteiger partial charge in [0.15, 0.2) is 0 Å². The van der Waals surface area contributed by atoms with E-state index >= 15 is 0 Å². The van der Waals surface area contributed by atoms with Crippen molar-refractivity contribution in [3.05, 3.63) is 28.7 Å². The summed E-state index contributed by atoms with van der Waals surface area (Å²) in [4.78, 5) is 24.1. The van der Waals surface area contributed by atoms with Crippen LogP contribution in [0.5, 0.6) is 0 Å². The molecule has 2 amide bonds. The van der Waals surface area contributed by atoms with E-state index in [-0.39, 0.29) is 11.3 Å².